The van der Waals surface area contributed by atoms with E-state index in [0.717, 1.165) is 25.5 Å². The fourth-order valence-corrected chi connectivity index (χ4v) is 2.61. The molecule has 0 aromatic carbocycles. The van der Waals surface area contributed by atoms with Crippen LogP contribution in [-0.4, -0.2) is 33.8 Å². The lowest BCUT2D eigenvalue weighted by molar-refractivity contribution is -0.385. The predicted molar refractivity (Wildman–Crippen MR) is 74.2 cm³/mol. The summed E-state index contributed by atoms with van der Waals surface area (Å²) in [5.74, 6) is 0.273. The fraction of sp³-hybridized carbons (Fsp3) is 0.538. The van der Waals surface area contributed by atoms with Gasteiger partial charge < -0.3 is 10.6 Å². The molecule has 0 aliphatic carbocycles. The highest BCUT2D eigenvalue weighted by Gasteiger charge is 2.30. The molecule has 1 fully saturated rings. The van der Waals surface area contributed by atoms with Crippen LogP contribution in [0.2, 0.25) is 0 Å². The summed E-state index contributed by atoms with van der Waals surface area (Å²) in [7, 11) is 0. The zero-order chi connectivity index (χ0) is 14.7. The quantitative estimate of drug-likeness (QED) is 0.668. The van der Waals surface area contributed by atoms with Gasteiger partial charge in [-0.3, -0.25) is 14.9 Å². The van der Waals surface area contributed by atoms with Gasteiger partial charge in [-0.1, -0.05) is 13.3 Å². The van der Waals surface area contributed by atoms with Gasteiger partial charge in [0.1, 0.15) is 17.6 Å². The molecule has 20 heavy (non-hydrogen) atoms. The predicted octanol–water partition coefficient (Wildman–Crippen LogP) is 1.83. The minimum absolute atomic E-state index is 0.0275. The van der Waals surface area contributed by atoms with Crippen molar-refractivity contribution in [3.63, 3.8) is 0 Å². The Kier molecular flexibility index (Phi) is 4.16. The number of hydrogen-bond donors (Lipinski definition) is 1. The molecule has 0 spiro atoms. The summed E-state index contributed by atoms with van der Waals surface area (Å²) >= 11 is 0. The summed E-state index contributed by atoms with van der Waals surface area (Å²) in [4.78, 5) is 28.1. The first-order valence-corrected chi connectivity index (χ1v) is 6.72. The molecule has 7 heteroatoms. The number of nitrogens with zero attached hydrogens (tertiary/aromatic N) is 3. The first kappa shape index (κ1) is 14.2. The van der Waals surface area contributed by atoms with E-state index in [1.165, 1.54) is 6.07 Å². The number of hydrogen-bond acceptors (Lipinski definition) is 5. The first-order chi connectivity index (χ1) is 9.52. The van der Waals surface area contributed by atoms with Gasteiger partial charge in [-0.25, -0.2) is 4.98 Å². The van der Waals surface area contributed by atoms with Gasteiger partial charge in [0.15, 0.2) is 0 Å². The van der Waals surface area contributed by atoms with E-state index in [1.807, 2.05) is 0 Å². The van der Waals surface area contributed by atoms with E-state index in [9.17, 15) is 14.9 Å². The van der Waals surface area contributed by atoms with Gasteiger partial charge in [0.2, 0.25) is 0 Å². The molecule has 1 aliphatic rings. The highest BCUT2D eigenvalue weighted by molar-refractivity contribution is 5.98. The number of carbonyl (C=O) groups excluding carboxylic acids is 1. The largest absolute Gasteiger partial charge is 0.384 e. The highest BCUT2D eigenvalue weighted by atomic mass is 16.6. The second kappa shape index (κ2) is 5.85. The third-order valence-electron chi connectivity index (χ3n) is 3.60. The average molecular weight is 278 g/mol. The summed E-state index contributed by atoms with van der Waals surface area (Å²) in [5, 5.41) is 11.0. The van der Waals surface area contributed by atoms with E-state index in [-0.39, 0.29) is 23.0 Å². The van der Waals surface area contributed by atoms with E-state index in [0.29, 0.717) is 19.0 Å². The summed E-state index contributed by atoms with van der Waals surface area (Å²) in [5.41, 5.74) is 5.27. The van der Waals surface area contributed by atoms with Crippen molar-refractivity contribution < 1.29 is 9.72 Å². The molecule has 1 aromatic heterocycles. The number of nitrogens with two attached hydrogens (primary N) is 1. The molecular formula is C13H18N4O3. The molecule has 1 unspecified atom stereocenters. The monoisotopic (exact) mass is 278 g/mol. The Labute approximate surface area is 116 Å². The van der Waals surface area contributed by atoms with E-state index in [1.54, 1.807) is 4.90 Å². The third kappa shape index (κ3) is 2.87. The normalized spacial score (nSPS) is 18.2. The Morgan fingerprint density at radius 3 is 3.05 bits per heavy atom. The Bertz CT molecular complexity index is 532. The van der Waals surface area contributed by atoms with E-state index < -0.39 is 4.92 Å². The van der Waals surface area contributed by atoms with Crippen molar-refractivity contribution in [2.24, 2.45) is 5.92 Å². The van der Waals surface area contributed by atoms with Crippen molar-refractivity contribution in [1.29, 1.82) is 0 Å². The number of nitrogen functional groups attached to an aromatic ring is 1. The van der Waals surface area contributed by atoms with Crippen LogP contribution in [-0.2, 0) is 0 Å². The molecule has 7 nitrogen and oxygen atoms in total. The number of amides is 1. The Balaban J connectivity index is 2.21. The molecule has 2 N–H and O–H groups in total. The number of rotatable bonds is 4. The van der Waals surface area contributed by atoms with Crippen LogP contribution >= 0.6 is 0 Å². The summed E-state index contributed by atoms with van der Waals surface area (Å²) in [6, 6.07) is 1.29. The van der Waals surface area contributed by atoms with Crippen molar-refractivity contribution in [3.05, 3.63) is 27.9 Å². The van der Waals surface area contributed by atoms with Crippen LogP contribution in [0.1, 0.15) is 36.5 Å². The number of aromatic nitrogens is 1. The summed E-state index contributed by atoms with van der Waals surface area (Å²) in [6.07, 6.45) is 4.15. The van der Waals surface area contributed by atoms with Gasteiger partial charge in [-0.2, -0.15) is 0 Å². The number of anilines is 1. The smallest absolute Gasteiger partial charge is 0.300 e. The van der Waals surface area contributed by atoms with Gasteiger partial charge in [-0.15, -0.1) is 0 Å². The molecule has 1 amide bonds. The molecule has 1 atom stereocenters. The van der Waals surface area contributed by atoms with E-state index in [2.05, 4.69) is 11.9 Å². The minimum Gasteiger partial charge on any atom is -0.384 e. The average Bonchev–Trinajstić information content (AvgIpc) is 2.86. The maximum Gasteiger partial charge on any atom is 0.300 e. The maximum absolute atomic E-state index is 12.4. The third-order valence-corrected chi connectivity index (χ3v) is 3.60. The van der Waals surface area contributed by atoms with Gasteiger partial charge in [0.25, 0.3) is 11.6 Å². The molecule has 108 valence electrons. The molecule has 1 saturated heterocycles. The number of pyridine rings is 1. The van der Waals surface area contributed by atoms with Crippen LogP contribution in [0.25, 0.3) is 0 Å². The number of likely N-dealkylation sites (tertiary alicyclic amines) is 1. The van der Waals surface area contributed by atoms with Crippen molar-refractivity contribution in [2.75, 3.05) is 18.8 Å². The first-order valence-electron chi connectivity index (χ1n) is 6.72. The van der Waals surface area contributed by atoms with Gasteiger partial charge in [0.05, 0.1) is 4.92 Å². The van der Waals surface area contributed by atoms with Crippen LogP contribution in [0.5, 0.6) is 0 Å². The van der Waals surface area contributed by atoms with E-state index >= 15 is 0 Å². The van der Waals surface area contributed by atoms with Gasteiger partial charge >= 0.3 is 0 Å². The van der Waals surface area contributed by atoms with Gasteiger partial charge in [-0.05, 0) is 24.8 Å². The maximum atomic E-state index is 12.4. The second-order valence-electron chi connectivity index (χ2n) is 5.08. The van der Waals surface area contributed by atoms with Crippen LogP contribution in [0.4, 0.5) is 11.5 Å². The molecule has 0 bridgehead atoms. The molecule has 0 saturated carbocycles. The zero-order valence-corrected chi connectivity index (χ0v) is 11.4. The second-order valence-corrected chi connectivity index (χ2v) is 5.08. The Morgan fingerprint density at radius 1 is 1.65 bits per heavy atom. The molecule has 1 aliphatic heterocycles. The zero-order valence-electron chi connectivity index (χ0n) is 11.4. The van der Waals surface area contributed by atoms with Crippen molar-refractivity contribution >= 4 is 17.4 Å². The van der Waals surface area contributed by atoms with Crippen LogP contribution in [0, 0.1) is 16.0 Å². The highest BCUT2D eigenvalue weighted by Crippen LogP contribution is 2.26. The molecular weight excluding hydrogens is 260 g/mol. The van der Waals surface area contributed by atoms with Crippen molar-refractivity contribution in [2.45, 2.75) is 26.2 Å². The summed E-state index contributed by atoms with van der Waals surface area (Å²) < 4.78 is 0. The lowest BCUT2D eigenvalue weighted by Crippen LogP contribution is -2.29. The van der Waals surface area contributed by atoms with Crippen LogP contribution < -0.4 is 5.73 Å². The van der Waals surface area contributed by atoms with Crippen LogP contribution in [0.3, 0.4) is 0 Å². The van der Waals surface area contributed by atoms with Crippen LogP contribution in [0.15, 0.2) is 12.3 Å². The number of carbonyl (C=O) groups is 1. The fourth-order valence-electron chi connectivity index (χ4n) is 2.61. The molecule has 2 rings (SSSR count). The SMILES string of the molecule is CCCC1CCN(C(=O)c2cc(N)ncc2[N+](=O)[O-])C1. The van der Waals surface area contributed by atoms with Crippen molar-refractivity contribution in [3.8, 4) is 0 Å². The number of nitro groups is 1. The van der Waals surface area contributed by atoms with E-state index in [4.69, 9.17) is 5.73 Å². The molecule has 0 radical (unpaired) electrons. The Hall–Kier alpha value is -2.18. The summed E-state index contributed by atoms with van der Waals surface area (Å²) in [6.45, 7) is 3.41. The minimum atomic E-state index is -0.598. The van der Waals surface area contributed by atoms with Crippen molar-refractivity contribution in [1.82, 2.24) is 9.88 Å². The molecule has 2 heterocycles. The Morgan fingerprint density at radius 2 is 2.40 bits per heavy atom. The standard InChI is InChI=1S/C13H18N4O3/c1-2-3-9-4-5-16(8-9)13(18)10-6-12(14)15-7-11(10)17(19)20/h6-7,9H,2-5,8H2,1H3,(H2,14,15). The lowest BCUT2D eigenvalue weighted by Gasteiger charge is -2.16. The lowest BCUT2D eigenvalue weighted by atomic mass is 10.0. The molecule has 1 aromatic rings. The van der Waals surface area contributed by atoms with Gasteiger partial charge in [0, 0.05) is 13.1 Å². The topological polar surface area (TPSA) is 102 Å².